The molecule has 0 amide bonds. The second kappa shape index (κ2) is 7.70. The van der Waals surface area contributed by atoms with E-state index in [0.717, 1.165) is 12.8 Å². The Hall–Kier alpha value is -1.53. The van der Waals surface area contributed by atoms with Crippen LogP contribution in [0.15, 0.2) is 24.3 Å². The number of hydrogen-bond acceptors (Lipinski definition) is 3. The third kappa shape index (κ3) is 4.88. The maximum atomic E-state index is 8.87. The minimum atomic E-state index is 0.273. The van der Waals surface area contributed by atoms with Gasteiger partial charge >= 0.3 is 0 Å². The molecular weight excluding hydrogens is 214 g/mol. The van der Waals surface area contributed by atoms with Crippen molar-refractivity contribution in [3.05, 3.63) is 29.8 Å². The van der Waals surface area contributed by atoms with Crippen LogP contribution in [-0.2, 0) is 4.74 Å². The van der Waals surface area contributed by atoms with Crippen molar-refractivity contribution in [2.24, 2.45) is 0 Å². The molecule has 1 unspecified atom stereocenters. The highest BCUT2D eigenvalue weighted by atomic mass is 16.5. The van der Waals surface area contributed by atoms with Crippen LogP contribution < -0.4 is 4.74 Å². The van der Waals surface area contributed by atoms with Gasteiger partial charge in [-0.2, -0.15) is 5.26 Å². The van der Waals surface area contributed by atoms with Crippen molar-refractivity contribution >= 4 is 0 Å². The van der Waals surface area contributed by atoms with Gasteiger partial charge in [0.2, 0.25) is 0 Å². The Balaban J connectivity index is 2.29. The normalized spacial score (nSPS) is 11.8. The minimum absolute atomic E-state index is 0.273. The lowest BCUT2D eigenvalue weighted by molar-refractivity contribution is 0.0395. The van der Waals surface area contributed by atoms with Crippen LogP contribution >= 0.6 is 0 Å². The van der Waals surface area contributed by atoms with Gasteiger partial charge in [-0.25, -0.2) is 0 Å². The second-order valence-corrected chi connectivity index (χ2v) is 3.93. The van der Waals surface area contributed by atoms with E-state index in [2.05, 4.69) is 19.9 Å². The summed E-state index contributed by atoms with van der Waals surface area (Å²) in [6.07, 6.45) is 2.46. The highest BCUT2D eigenvalue weighted by Crippen LogP contribution is 2.16. The summed E-state index contributed by atoms with van der Waals surface area (Å²) in [4.78, 5) is 0. The molecule has 0 N–H and O–H groups in total. The van der Waals surface area contributed by atoms with E-state index in [1.165, 1.54) is 0 Å². The van der Waals surface area contributed by atoms with E-state index >= 15 is 0 Å². The molecule has 1 rings (SSSR count). The van der Waals surface area contributed by atoms with Gasteiger partial charge in [0.25, 0.3) is 0 Å². The molecule has 3 heteroatoms. The Labute approximate surface area is 103 Å². The first-order valence-electron chi connectivity index (χ1n) is 6.01. The van der Waals surface area contributed by atoms with Gasteiger partial charge in [0.1, 0.15) is 18.4 Å². The summed E-state index contributed by atoms with van der Waals surface area (Å²) in [5.41, 5.74) is 0.564. The highest BCUT2D eigenvalue weighted by molar-refractivity contribution is 5.42. The summed E-state index contributed by atoms with van der Waals surface area (Å²) >= 11 is 0. The minimum Gasteiger partial charge on any atom is -0.490 e. The predicted molar refractivity (Wildman–Crippen MR) is 67.0 cm³/mol. The molecule has 1 atom stereocenters. The molecule has 1 aromatic carbocycles. The SMILES string of the molecule is CCCC(C)OCCOc1ccccc1C#N. The molecule has 0 bridgehead atoms. The van der Waals surface area contributed by atoms with Gasteiger partial charge in [0.05, 0.1) is 18.3 Å². The molecule has 92 valence electrons. The lowest BCUT2D eigenvalue weighted by Gasteiger charge is -2.12. The van der Waals surface area contributed by atoms with Crippen molar-refractivity contribution < 1.29 is 9.47 Å². The zero-order chi connectivity index (χ0) is 12.5. The fourth-order valence-corrected chi connectivity index (χ4v) is 1.58. The third-order valence-electron chi connectivity index (χ3n) is 2.45. The van der Waals surface area contributed by atoms with Gasteiger partial charge in [-0.1, -0.05) is 25.5 Å². The molecule has 0 aliphatic rings. The van der Waals surface area contributed by atoms with Crippen LogP contribution in [0.4, 0.5) is 0 Å². The number of nitrogens with zero attached hydrogens (tertiary/aromatic N) is 1. The first kappa shape index (κ1) is 13.5. The quantitative estimate of drug-likeness (QED) is 0.679. The zero-order valence-electron chi connectivity index (χ0n) is 10.5. The Morgan fingerprint density at radius 1 is 1.29 bits per heavy atom. The van der Waals surface area contributed by atoms with E-state index in [1.54, 1.807) is 12.1 Å². The Kier molecular flexibility index (Phi) is 6.13. The van der Waals surface area contributed by atoms with E-state index in [1.807, 2.05) is 12.1 Å². The Morgan fingerprint density at radius 2 is 2.06 bits per heavy atom. The maximum Gasteiger partial charge on any atom is 0.137 e. The lowest BCUT2D eigenvalue weighted by Crippen LogP contribution is -2.14. The van der Waals surface area contributed by atoms with Crippen LogP contribution in [0.25, 0.3) is 0 Å². The summed E-state index contributed by atoms with van der Waals surface area (Å²) in [5.74, 6) is 0.627. The Bertz CT molecular complexity index is 371. The summed E-state index contributed by atoms with van der Waals surface area (Å²) in [6.45, 7) is 5.24. The van der Waals surface area contributed by atoms with Crippen molar-refractivity contribution in [1.29, 1.82) is 5.26 Å². The number of hydrogen-bond donors (Lipinski definition) is 0. The molecule has 0 radical (unpaired) electrons. The van der Waals surface area contributed by atoms with Crippen molar-refractivity contribution in [3.8, 4) is 11.8 Å². The van der Waals surface area contributed by atoms with Gasteiger partial charge in [0, 0.05) is 0 Å². The molecule has 0 aromatic heterocycles. The topological polar surface area (TPSA) is 42.2 Å². The molecule has 0 spiro atoms. The first-order valence-corrected chi connectivity index (χ1v) is 6.01. The first-order chi connectivity index (χ1) is 8.27. The highest BCUT2D eigenvalue weighted by Gasteiger charge is 2.03. The number of rotatable bonds is 7. The molecule has 0 aliphatic heterocycles. The van der Waals surface area contributed by atoms with Crippen molar-refractivity contribution in [2.75, 3.05) is 13.2 Å². The third-order valence-corrected chi connectivity index (χ3v) is 2.45. The smallest absolute Gasteiger partial charge is 0.137 e. The van der Waals surface area contributed by atoms with E-state index in [-0.39, 0.29) is 6.10 Å². The fourth-order valence-electron chi connectivity index (χ4n) is 1.58. The lowest BCUT2D eigenvalue weighted by atomic mass is 10.2. The average molecular weight is 233 g/mol. The Morgan fingerprint density at radius 3 is 2.76 bits per heavy atom. The average Bonchev–Trinajstić information content (AvgIpc) is 2.35. The van der Waals surface area contributed by atoms with E-state index in [0.29, 0.717) is 24.5 Å². The van der Waals surface area contributed by atoms with Crippen LogP contribution in [0.2, 0.25) is 0 Å². The molecule has 0 heterocycles. The largest absolute Gasteiger partial charge is 0.490 e. The molecule has 1 aromatic rings. The number of ether oxygens (including phenoxy) is 2. The number of para-hydroxylation sites is 1. The van der Waals surface area contributed by atoms with Gasteiger partial charge < -0.3 is 9.47 Å². The van der Waals surface area contributed by atoms with Gasteiger partial charge in [0.15, 0.2) is 0 Å². The molecule has 0 fully saturated rings. The molecule has 0 aliphatic carbocycles. The van der Waals surface area contributed by atoms with Crippen LogP contribution in [0.1, 0.15) is 32.3 Å². The van der Waals surface area contributed by atoms with Crippen LogP contribution in [0.3, 0.4) is 0 Å². The summed E-state index contributed by atoms with van der Waals surface area (Å²) in [6, 6.07) is 9.33. The monoisotopic (exact) mass is 233 g/mol. The molecule has 0 saturated carbocycles. The number of nitriles is 1. The van der Waals surface area contributed by atoms with Crippen LogP contribution in [0, 0.1) is 11.3 Å². The number of benzene rings is 1. The standard InChI is InChI=1S/C14H19NO2/c1-3-6-12(2)16-9-10-17-14-8-5-4-7-13(14)11-15/h4-5,7-8,12H,3,6,9-10H2,1-2H3. The zero-order valence-corrected chi connectivity index (χ0v) is 10.5. The van der Waals surface area contributed by atoms with Crippen molar-refractivity contribution in [1.82, 2.24) is 0 Å². The van der Waals surface area contributed by atoms with E-state index in [4.69, 9.17) is 14.7 Å². The molecule has 17 heavy (non-hydrogen) atoms. The predicted octanol–water partition coefficient (Wildman–Crippen LogP) is 3.14. The molecular formula is C14H19NO2. The summed E-state index contributed by atoms with van der Waals surface area (Å²) in [5, 5.41) is 8.87. The van der Waals surface area contributed by atoms with E-state index in [9.17, 15) is 0 Å². The van der Waals surface area contributed by atoms with Gasteiger partial charge in [-0.3, -0.25) is 0 Å². The van der Waals surface area contributed by atoms with Gasteiger partial charge in [-0.15, -0.1) is 0 Å². The molecule has 3 nitrogen and oxygen atoms in total. The summed E-state index contributed by atoms with van der Waals surface area (Å²) in [7, 11) is 0. The fraction of sp³-hybridized carbons (Fsp3) is 0.500. The van der Waals surface area contributed by atoms with Crippen LogP contribution in [0.5, 0.6) is 5.75 Å². The van der Waals surface area contributed by atoms with E-state index < -0.39 is 0 Å². The van der Waals surface area contributed by atoms with Crippen LogP contribution in [-0.4, -0.2) is 19.3 Å². The van der Waals surface area contributed by atoms with Crippen molar-refractivity contribution in [3.63, 3.8) is 0 Å². The van der Waals surface area contributed by atoms with Gasteiger partial charge in [-0.05, 0) is 25.5 Å². The molecule has 0 saturated heterocycles. The maximum absolute atomic E-state index is 8.87. The van der Waals surface area contributed by atoms with Crippen molar-refractivity contribution in [2.45, 2.75) is 32.8 Å². The second-order valence-electron chi connectivity index (χ2n) is 3.93. The summed E-state index contributed by atoms with van der Waals surface area (Å²) < 4.78 is 11.1.